The fourth-order valence-electron chi connectivity index (χ4n) is 2.95. The monoisotopic (exact) mass is 262 g/mol. The van der Waals surface area contributed by atoms with Gasteiger partial charge in [-0.25, -0.2) is 0 Å². The minimum Gasteiger partial charge on any atom is -0.165 e. The minimum atomic E-state index is 0.495. The van der Waals surface area contributed by atoms with Crippen LogP contribution in [0, 0.1) is 17.3 Å². The van der Waals surface area contributed by atoms with Gasteiger partial charge in [0.1, 0.15) is 0 Å². The molecule has 98 valence electrons. The Morgan fingerprint density at radius 2 is 1.50 bits per heavy atom. The first-order valence-electron chi connectivity index (χ1n) is 6.49. The standard InChI is InChI=1S/C14H30S2/c1-8-9-13(16-7)14(10-15-6,11(2)3)12(4)5/h11-13H,8-10H2,1-7H3. The van der Waals surface area contributed by atoms with Gasteiger partial charge < -0.3 is 0 Å². The van der Waals surface area contributed by atoms with Crippen LogP contribution in [0.3, 0.4) is 0 Å². The molecule has 1 unspecified atom stereocenters. The molecule has 0 aromatic carbocycles. The van der Waals surface area contributed by atoms with Crippen molar-refractivity contribution in [3.63, 3.8) is 0 Å². The second kappa shape index (κ2) is 7.92. The summed E-state index contributed by atoms with van der Waals surface area (Å²) in [6, 6.07) is 0. The summed E-state index contributed by atoms with van der Waals surface area (Å²) in [5.41, 5.74) is 0.495. The third kappa shape index (κ3) is 3.60. The molecule has 0 aromatic rings. The molecule has 0 nitrogen and oxygen atoms in total. The second-order valence-electron chi connectivity index (χ2n) is 5.37. The average molecular weight is 263 g/mol. The van der Waals surface area contributed by atoms with Crippen molar-refractivity contribution in [3.8, 4) is 0 Å². The molecular formula is C14H30S2. The minimum absolute atomic E-state index is 0.495. The summed E-state index contributed by atoms with van der Waals surface area (Å²) in [5, 5.41) is 0.810. The van der Waals surface area contributed by atoms with Crippen LogP contribution in [0.5, 0.6) is 0 Å². The summed E-state index contributed by atoms with van der Waals surface area (Å²) < 4.78 is 0. The van der Waals surface area contributed by atoms with Gasteiger partial charge in [0.15, 0.2) is 0 Å². The average Bonchev–Trinajstić information content (AvgIpc) is 2.22. The molecule has 0 aromatic heterocycles. The van der Waals surface area contributed by atoms with Crippen LogP contribution in [-0.4, -0.2) is 23.5 Å². The lowest BCUT2D eigenvalue weighted by Gasteiger charge is -2.47. The van der Waals surface area contributed by atoms with E-state index in [0.717, 1.165) is 17.1 Å². The van der Waals surface area contributed by atoms with Gasteiger partial charge in [0.25, 0.3) is 0 Å². The highest BCUT2D eigenvalue weighted by molar-refractivity contribution is 7.99. The zero-order valence-corrected chi connectivity index (χ0v) is 13.8. The van der Waals surface area contributed by atoms with Gasteiger partial charge in [-0.15, -0.1) is 0 Å². The molecule has 0 fully saturated rings. The van der Waals surface area contributed by atoms with Crippen molar-refractivity contribution < 1.29 is 0 Å². The van der Waals surface area contributed by atoms with E-state index in [2.05, 4.69) is 58.9 Å². The van der Waals surface area contributed by atoms with E-state index in [9.17, 15) is 0 Å². The molecule has 2 heteroatoms. The van der Waals surface area contributed by atoms with Crippen molar-refractivity contribution in [1.29, 1.82) is 0 Å². The molecule has 0 heterocycles. The predicted octanol–water partition coefficient (Wildman–Crippen LogP) is 5.18. The molecule has 16 heavy (non-hydrogen) atoms. The van der Waals surface area contributed by atoms with Crippen LogP contribution in [0.25, 0.3) is 0 Å². The summed E-state index contributed by atoms with van der Waals surface area (Å²) in [5.74, 6) is 2.83. The molecule has 1 atom stereocenters. The fraction of sp³-hybridized carbons (Fsp3) is 1.00. The molecule has 0 aliphatic rings. The van der Waals surface area contributed by atoms with Gasteiger partial charge in [-0.2, -0.15) is 23.5 Å². The highest BCUT2D eigenvalue weighted by Gasteiger charge is 2.42. The second-order valence-corrected chi connectivity index (χ2v) is 7.27. The first-order chi connectivity index (χ1) is 7.47. The maximum absolute atomic E-state index is 2.41. The van der Waals surface area contributed by atoms with E-state index >= 15 is 0 Å². The quantitative estimate of drug-likeness (QED) is 0.591. The van der Waals surface area contributed by atoms with Crippen molar-refractivity contribution in [1.82, 2.24) is 0 Å². The molecule has 0 saturated carbocycles. The molecular weight excluding hydrogens is 232 g/mol. The Morgan fingerprint density at radius 3 is 1.75 bits per heavy atom. The lowest BCUT2D eigenvalue weighted by molar-refractivity contribution is 0.135. The van der Waals surface area contributed by atoms with Crippen LogP contribution in [0.15, 0.2) is 0 Å². The van der Waals surface area contributed by atoms with Crippen LogP contribution in [0.2, 0.25) is 0 Å². The molecule has 0 rings (SSSR count). The van der Waals surface area contributed by atoms with Crippen molar-refractivity contribution in [3.05, 3.63) is 0 Å². The van der Waals surface area contributed by atoms with E-state index in [0.29, 0.717) is 5.41 Å². The smallest absolute Gasteiger partial charge is 0.0113 e. The van der Waals surface area contributed by atoms with Gasteiger partial charge in [0, 0.05) is 11.0 Å². The summed E-state index contributed by atoms with van der Waals surface area (Å²) in [6.45, 7) is 12.0. The van der Waals surface area contributed by atoms with Crippen molar-refractivity contribution >= 4 is 23.5 Å². The Kier molecular flexibility index (Phi) is 8.26. The van der Waals surface area contributed by atoms with E-state index in [1.165, 1.54) is 18.6 Å². The molecule has 0 amide bonds. The molecule has 0 spiro atoms. The normalized spacial score (nSPS) is 14.8. The largest absolute Gasteiger partial charge is 0.165 e. The number of rotatable bonds is 8. The summed E-state index contributed by atoms with van der Waals surface area (Å²) in [4.78, 5) is 0. The topological polar surface area (TPSA) is 0 Å². The van der Waals surface area contributed by atoms with Gasteiger partial charge in [-0.05, 0) is 36.2 Å². The Balaban J connectivity index is 5.11. The molecule has 0 aliphatic carbocycles. The van der Waals surface area contributed by atoms with E-state index in [-0.39, 0.29) is 0 Å². The van der Waals surface area contributed by atoms with Gasteiger partial charge in [-0.1, -0.05) is 41.0 Å². The van der Waals surface area contributed by atoms with Crippen molar-refractivity contribution in [2.45, 2.75) is 52.7 Å². The van der Waals surface area contributed by atoms with E-state index in [4.69, 9.17) is 0 Å². The first kappa shape index (κ1) is 16.7. The summed E-state index contributed by atoms with van der Waals surface area (Å²) in [7, 11) is 0. The van der Waals surface area contributed by atoms with Crippen LogP contribution in [0.1, 0.15) is 47.5 Å². The molecule has 0 bridgehead atoms. The van der Waals surface area contributed by atoms with Gasteiger partial charge >= 0.3 is 0 Å². The van der Waals surface area contributed by atoms with E-state index < -0.39 is 0 Å². The van der Waals surface area contributed by atoms with Gasteiger partial charge in [0.2, 0.25) is 0 Å². The summed E-state index contributed by atoms with van der Waals surface area (Å²) >= 11 is 4.11. The van der Waals surface area contributed by atoms with Crippen LogP contribution in [0.4, 0.5) is 0 Å². The molecule has 0 radical (unpaired) electrons. The Bertz CT molecular complexity index is 168. The zero-order valence-electron chi connectivity index (χ0n) is 12.2. The van der Waals surface area contributed by atoms with E-state index in [1.807, 2.05) is 11.8 Å². The Labute approximate surface area is 112 Å². The molecule has 0 aliphatic heterocycles. The Morgan fingerprint density at radius 1 is 1.00 bits per heavy atom. The Hall–Kier alpha value is 0.700. The number of hydrogen-bond acceptors (Lipinski definition) is 2. The maximum Gasteiger partial charge on any atom is 0.0113 e. The highest BCUT2D eigenvalue weighted by Crippen LogP contribution is 2.47. The maximum atomic E-state index is 2.41. The molecule has 0 saturated heterocycles. The fourth-order valence-corrected chi connectivity index (χ4v) is 5.97. The number of thioether (sulfide) groups is 2. The lowest BCUT2D eigenvalue weighted by Crippen LogP contribution is -2.45. The third-order valence-corrected chi connectivity index (χ3v) is 6.01. The highest BCUT2D eigenvalue weighted by atomic mass is 32.2. The third-order valence-electron chi connectivity index (χ3n) is 3.98. The van der Waals surface area contributed by atoms with Crippen molar-refractivity contribution in [2.75, 3.05) is 18.3 Å². The van der Waals surface area contributed by atoms with Crippen LogP contribution >= 0.6 is 23.5 Å². The van der Waals surface area contributed by atoms with E-state index in [1.54, 1.807) is 0 Å². The zero-order chi connectivity index (χ0) is 12.8. The number of hydrogen-bond donors (Lipinski definition) is 0. The van der Waals surface area contributed by atoms with Gasteiger partial charge in [-0.3, -0.25) is 0 Å². The molecule has 0 N–H and O–H groups in total. The predicted molar refractivity (Wildman–Crippen MR) is 82.7 cm³/mol. The SMILES string of the molecule is CCCC(SC)C(CSC)(C(C)C)C(C)C. The first-order valence-corrected chi connectivity index (χ1v) is 9.17. The van der Waals surface area contributed by atoms with Crippen LogP contribution in [-0.2, 0) is 0 Å². The van der Waals surface area contributed by atoms with Crippen molar-refractivity contribution in [2.24, 2.45) is 17.3 Å². The van der Waals surface area contributed by atoms with Gasteiger partial charge in [0.05, 0.1) is 0 Å². The lowest BCUT2D eigenvalue weighted by atomic mass is 9.67. The van der Waals surface area contributed by atoms with Crippen LogP contribution < -0.4 is 0 Å². The summed E-state index contributed by atoms with van der Waals surface area (Å²) in [6.07, 6.45) is 7.21.